The van der Waals surface area contributed by atoms with Crippen LogP contribution in [-0.4, -0.2) is 31.9 Å². The van der Waals surface area contributed by atoms with Crippen LogP contribution in [0.4, 0.5) is 0 Å². The maximum Gasteiger partial charge on any atom is 0.166 e. The van der Waals surface area contributed by atoms with Gasteiger partial charge in [0.05, 0.1) is 11.0 Å². The van der Waals surface area contributed by atoms with Crippen LogP contribution in [0.2, 0.25) is 0 Å². The molecule has 1 unspecified atom stereocenters. The van der Waals surface area contributed by atoms with E-state index in [9.17, 15) is 9.59 Å². The largest absolute Gasteiger partial charge is 0.491 e. The molecule has 29 heavy (non-hydrogen) atoms. The van der Waals surface area contributed by atoms with Gasteiger partial charge in [0.25, 0.3) is 0 Å². The van der Waals surface area contributed by atoms with Crippen molar-refractivity contribution in [3.8, 4) is 5.75 Å². The lowest BCUT2D eigenvalue weighted by Crippen LogP contribution is -2.25. The molecule has 0 radical (unpaired) electrons. The molecule has 0 aromatic heterocycles. The summed E-state index contributed by atoms with van der Waals surface area (Å²) in [5, 5.41) is 0. The fourth-order valence-corrected chi connectivity index (χ4v) is 4.43. The third-order valence-corrected chi connectivity index (χ3v) is 6.44. The lowest BCUT2D eigenvalue weighted by molar-refractivity contribution is 0.0970. The molecule has 2 aromatic carbocycles. The van der Waals surface area contributed by atoms with Crippen molar-refractivity contribution in [2.24, 2.45) is 11.8 Å². The van der Waals surface area contributed by atoms with E-state index in [1.807, 2.05) is 31.2 Å². The number of Topliss-reactive ketones (excluding diaryl/α,β-unsaturated/α-hetero) is 2. The second-order valence-electron chi connectivity index (χ2n) is 8.50. The van der Waals surface area contributed by atoms with Gasteiger partial charge in [-0.1, -0.05) is 37.3 Å². The van der Waals surface area contributed by atoms with Crippen LogP contribution in [0, 0.1) is 11.8 Å². The highest BCUT2D eigenvalue weighted by molar-refractivity contribution is 6.04. The summed E-state index contributed by atoms with van der Waals surface area (Å²) in [5.74, 6) is 1.62. The molecule has 1 fully saturated rings. The van der Waals surface area contributed by atoms with Crippen LogP contribution in [0.1, 0.15) is 65.0 Å². The summed E-state index contributed by atoms with van der Waals surface area (Å²) in [4.78, 5) is 25.7. The van der Waals surface area contributed by atoms with Gasteiger partial charge in [0.2, 0.25) is 0 Å². The Kier molecular flexibility index (Phi) is 5.30. The summed E-state index contributed by atoms with van der Waals surface area (Å²) in [6.45, 7) is 5.14. The Morgan fingerprint density at radius 3 is 2.59 bits per heavy atom. The molecule has 0 bridgehead atoms. The van der Waals surface area contributed by atoms with E-state index in [-0.39, 0.29) is 17.0 Å². The number of benzene rings is 2. The van der Waals surface area contributed by atoms with Crippen molar-refractivity contribution in [2.45, 2.75) is 38.5 Å². The number of rotatable bonds is 8. The van der Waals surface area contributed by atoms with E-state index in [0.29, 0.717) is 54.8 Å². The van der Waals surface area contributed by atoms with Crippen molar-refractivity contribution >= 4 is 11.6 Å². The van der Waals surface area contributed by atoms with E-state index in [4.69, 9.17) is 9.47 Å². The van der Waals surface area contributed by atoms with Crippen molar-refractivity contribution in [2.75, 3.05) is 20.3 Å². The van der Waals surface area contributed by atoms with Crippen LogP contribution < -0.4 is 4.74 Å². The fourth-order valence-electron chi connectivity index (χ4n) is 4.43. The quantitative estimate of drug-likeness (QED) is 0.604. The van der Waals surface area contributed by atoms with E-state index < -0.39 is 0 Å². The molecule has 2 aliphatic rings. The maximum absolute atomic E-state index is 13.1. The Balaban J connectivity index is 1.72. The minimum absolute atomic E-state index is 0.0110. The van der Waals surface area contributed by atoms with E-state index in [2.05, 4.69) is 19.1 Å². The molecule has 4 rings (SSSR count). The number of ether oxygens (including phenoxy) is 2. The second-order valence-corrected chi connectivity index (χ2v) is 8.50. The maximum atomic E-state index is 13.1. The number of carbonyl (C=O) groups is 2. The Morgan fingerprint density at radius 1 is 1.14 bits per heavy atom. The molecule has 4 heteroatoms. The standard InChI is InChI=1S/C25H28O4/c1-4-22(26)20-11-17(23(27)13-16-10-18(16)14-28-3)12-21-24(20)29-15-25(21,2)19-8-6-5-7-9-19/h5-9,11-12,16,18H,4,10,13-15H2,1-3H3/t16-,18-,25?/m1/s1. The van der Waals surface area contributed by atoms with Gasteiger partial charge in [-0.15, -0.1) is 0 Å². The summed E-state index contributed by atoms with van der Waals surface area (Å²) in [7, 11) is 1.70. The monoisotopic (exact) mass is 392 g/mol. The first kappa shape index (κ1) is 19.8. The third-order valence-electron chi connectivity index (χ3n) is 6.44. The van der Waals surface area contributed by atoms with Crippen LogP contribution in [0.15, 0.2) is 42.5 Å². The lowest BCUT2D eigenvalue weighted by atomic mass is 9.76. The van der Waals surface area contributed by atoms with Crippen LogP contribution in [-0.2, 0) is 10.2 Å². The van der Waals surface area contributed by atoms with E-state index >= 15 is 0 Å². The molecule has 3 atom stereocenters. The molecule has 1 heterocycles. The highest BCUT2D eigenvalue weighted by Gasteiger charge is 2.42. The zero-order chi connectivity index (χ0) is 20.6. The minimum atomic E-state index is -0.381. The predicted octanol–water partition coefficient (Wildman–Crippen LogP) is 4.83. The summed E-state index contributed by atoms with van der Waals surface area (Å²) < 4.78 is 11.3. The summed E-state index contributed by atoms with van der Waals surface area (Å²) in [5.41, 5.74) is 2.85. The van der Waals surface area contributed by atoms with Crippen molar-refractivity contribution < 1.29 is 19.1 Å². The molecule has 1 aliphatic carbocycles. The van der Waals surface area contributed by atoms with Crippen molar-refractivity contribution in [3.63, 3.8) is 0 Å². The minimum Gasteiger partial charge on any atom is -0.491 e. The fraction of sp³-hybridized carbons (Fsp3) is 0.440. The Bertz CT molecular complexity index is 933. The summed E-state index contributed by atoms with van der Waals surface area (Å²) >= 11 is 0. The molecule has 0 spiro atoms. The zero-order valence-corrected chi connectivity index (χ0v) is 17.4. The SMILES string of the molecule is CCC(=O)c1cc(C(=O)C[C@H]2C[C@@H]2COC)cc2c1OCC2(C)c1ccccc1. The zero-order valence-electron chi connectivity index (χ0n) is 17.4. The third kappa shape index (κ3) is 3.62. The van der Waals surface area contributed by atoms with E-state index in [1.54, 1.807) is 13.2 Å². The average Bonchev–Trinajstić information content (AvgIpc) is 3.38. The van der Waals surface area contributed by atoms with Gasteiger partial charge in [-0.05, 0) is 42.9 Å². The van der Waals surface area contributed by atoms with Gasteiger partial charge in [0.1, 0.15) is 12.4 Å². The highest BCUT2D eigenvalue weighted by Crippen LogP contribution is 2.47. The van der Waals surface area contributed by atoms with Crippen LogP contribution in [0.25, 0.3) is 0 Å². The molecule has 152 valence electrons. The molecule has 0 amide bonds. The number of fused-ring (bicyclic) bond motifs is 1. The second kappa shape index (κ2) is 7.75. The summed E-state index contributed by atoms with van der Waals surface area (Å²) in [6, 6.07) is 13.9. The molecular formula is C25H28O4. The van der Waals surface area contributed by atoms with Gasteiger partial charge in [-0.2, -0.15) is 0 Å². The first-order chi connectivity index (χ1) is 14.0. The van der Waals surface area contributed by atoms with Crippen LogP contribution >= 0.6 is 0 Å². The van der Waals surface area contributed by atoms with Gasteiger partial charge >= 0.3 is 0 Å². The topological polar surface area (TPSA) is 52.6 Å². The normalized spacial score (nSPS) is 24.7. The van der Waals surface area contributed by atoms with E-state index in [1.165, 1.54) is 0 Å². The first-order valence-electron chi connectivity index (χ1n) is 10.4. The smallest absolute Gasteiger partial charge is 0.166 e. The Hall–Kier alpha value is -2.46. The van der Waals surface area contributed by atoms with Crippen LogP contribution in [0.5, 0.6) is 5.75 Å². The van der Waals surface area contributed by atoms with Crippen molar-refractivity contribution in [3.05, 3.63) is 64.7 Å². The number of ketones is 2. The van der Waals surface area contributed by atoms with Crippen LogP contribution in [0.3, 0.4) is 0 Å². The van der Waals surface area contributed by atoms with Gasteiger partial charge in [0.15, 0.2) is 11.6 Å². The molecular weight excluding hydrogens is 364 g/mol. The lowest BCUT2D eigenvalue weighted by Gasteiger charge is -2.24. The molecule has 1 aliphatic heterocycles. The van der Waals surface area contributed by atoms with Crippen molar-refractivity contribution in [1.82, 2.24) is 0 Å². The first-order valence-corrected chi connectivity index (χ1v) is 10.4. The molecule has 0 N–H and O–H groups in total. The number of carbonyl (C=O) groups excluding carboxylic acids is 2. The van der Waals surface area contributed by atoms with Gasteiger partial charge in [0, 0.05) is 37.7 Å². The van der Waals surface area contributed by atoms with E-state index in [0.717, 1.165) is 17.5 Å². The van der Waals surface area contributed by atoms with Gasteiger partial charge < -0.3 is 9.47 Å². The van der Waals surface area contributed by atoms with Crippen molar-refractivity contribution in [1.29, 1.82) is 0 Å². The van der Waals surface area contributed by atoms with Gasteiger partial charge in [-0.3, -0.25) is 9.59 Å². The average molecular weight is 392 g/mol. The number of hydrogen-bond acceptors (Lipinski definition) is 4. The van der Waals surface area contributed by atoms with Gasteiger partial charge in [-0.25, -0.2) is 0 Å². The number of hydrogen-bond donors (Lipinski definition) is 0. The molecule has 2 aromatic rings. The Morgan fingerprint density at radius 2 is 1.90 bits per heavy atom. The number of methoxy groups -OCH3 is 1. The molecule has 1 saturated carbocycles. The predicted molar refractivity (Wildman–Crippen MR) is 112 cm³/mol. The molecule has 0 saturated heterocycles. The highest BCUT2D eigenvalue weighted by atomic mass is 16.5. The molecule has 4 nitrogen and oxygen atoms in total. The Labute approximate surface area is 172 Å². The summed E-state index contributed by atoms with van der Waals surface area (Å²) in [6.07, 6.45) is 1.93.